The molecular formula is C17H17F3N2O. The van der Waals surface area contributed by atoms with Crippen molar-refractivity contribution in [2.24, 2.45) is 0 Å². The predicted octanol–water partition coefficient (Wildman–Crippen LogP) is 4.28. The van der Waals surface area contributed by atoms with E-state index in [0.717, 1.165) is 0 Å². The molecule has 0 fully saturated rings. The number of aryl methyl sites for hydroxylation is 2. The molecule has 0 spiro atoms. The molecule has 0 aliphatic heterocycles. The van der Waals surface area contributed by atoms with Crippen molar-refractivity contribution in [1.82, 2.24) is 0 Å². The summed E-state index contributed by atoms with van der Waals surface area (Å²) in [6.45, 7) is 3.39. The highest BCUT2D eigenvalue weighted by Gasteiger charge is 2.45. The lowest BCUT2D eigenvalue weighted by molar-refractivity contribution is -0.155. The maximum atomic E-state index is 13.3. The fourth-order valence-corrected chi connectivity index (χ4v) is 2.10. The van der Waals surface area contributed by atoms with E-state index in [0.29, 0.717) is 16.8 Å². The summed E-state index contributed by atoms with van der Waals surface area (Å²) >= 11 is 0. The second kappa shape index (κ2) is 6.73. The number of carbonyl (C=O) groups excluding carboxylic acids is 1. The van der Waals surface area contributed by atoms with Crippen molar-refractivity contribution in [2.75, 3.05) is 10.6 Å². The summed E-state index contributed by atoms with van der Waals surface area (Å²) < 4.78 is 39.8. The normalized spacial score (nSPS) is 12.6. The highest BCUT2D eigenvalue weighted by molar-refractivity contribution is 5.97. The Kier molecular flexibility index (Phi) is 4.93. The Balaban J connectivity index is 2.24. The predicted molar refractivity (Wildman–Crippen MR) is 84.5 cm³/mol. The molecule has 0 bridgehead atoms. The van der Waals surface area contributed by atoms with Crippen molar-refractivity contribution in [3.8, 4) is 0 Å². The largest absolute Gasteiger partial charge is 0.417 e. The van der Waals surface area contributed by atoms with Gasteiger partial charge in [-0.15, -0.1) is 0 Å². The number of alkyl halides is 3. The number of rotatable bonds is 4. The fraction of sp³-hybridized carbons (Fsp3) is 0.235. The zero-order valence-corrected chi connectivity index (χ0v) is 12.7. The summed E-state index contributed by atoms with van der Waals surface area (Å²) in [5.41, 5.74) is 1.95. The summed E-state index contributed by atoms with van der Waals surface area (Å²) in [7, 11) is 0. The number of hydrogen-bond donors (Lipinski definition) is 2. The van der Waals surface area contributed by atoms with Crippen LogP contribution in [0.3, 0.4) is 0 Å². The van der Waals surface area contributed by atoms with Gasteiger partial charge in [-0.25, -0.2) is 0 Å². The van der Waals surface area contributed by atoms with E-state index in [1.54, 1.807) is 56.3 Å². The number of benzene rings is 2. The van der Waals surface area contributed by atoms with Gasteiger partial charge in [0, 0.05) is 11.4 Å². The van der Waals surface area contributed by atoms with Crippen LogP contribution < -0.4 is 10.6 Å². The Hall–Kier alpha value is -2.50. The van der Waals surface area contributed by atoms with Gasteiger partial charge in [0.1, 0.15) is 0 Å². The Bertz CT molecular complexity index is 698. The molecule has 3 nitrogen and oxygen atoms in total. The molecule has 0 saturated carbocycles. The van der Waals surface area contributed by atoms with E-state index in [4.69, 9.17) is 0 Å². The first-order valence-corrected chi connectivity index (χ1v) is 7.04. The summed E-state index contributed by atoms with van der Waals surface area (Å²) in [6, 6.07) is 10.9. The Morgan fingerprint density at radius 3 is 1.87 bits per heavy atom. The fourth-order valence-electron chi connectivity index (χ4n) is 2.10. The van der Waals surface area contributed by atoms with E-state index in [1.807, 2.05) is 0 Å². The minimum Gasteiger partial charge on any atom is -0.366 e. The van der Waals surface area contributed by atoms with E-state index in [-0.39, 0.29) is 5.69 Å². The zero-order chi connectivity index (χ0) is 17.0. The van der Waals surface area contributed by atoms with Gasteiger partial charge in [0.05, 0.1) is 0 Å². The zero-order valence-electron chi connectivity index (χ0n) is 12.7. The van der Waals surface area contributed by atoms with Gasteiger partial charge >= 0.3 is 6.18 Å². The monoisotopic (exact) mass is 322 g/mol. The first-order valence-electron chi connectivity index (χ1n) is 7.04. The van der Waals surface area contributed by atoms with Crippen LogP contribution >= 0.6 is 0 Å². The Morgan fingerprint density at radius 2 is 1.39 bits per heavy atom. The second-order valence-electron chi connectivity index (χ2n) is 5.24. The van der Waals surface area contributed by atoms with E-state index in [2.05, 4.69) is 10.6 Å². The van der Waals surface area contributed by atoms with Gasteiger partial charge in [0.15, 0.2) is 0 Å². The number of hydrogen-bond acceptors (Lipinski definition) is 2. The van der Waals surface area contributed by atoms with Gasteiger partial charge in [-0.2, -0.15) is 13.2 Å². The highest BCUT2D eigenvalue weighted by Crippen LogP contribution is 2.26. The van der Waals surface area contributed by atoms with Crippen LogP contribution in [-0.2, 0) is 4.79 Å². The van der Waals surface area contributed by atoms with Gasteiger partial charge < -0.3 is 10.6 Å². The van der Waals surface area contributed by atoms with Gasteiger partial charge in [-0.1, -0.05) is 36.4 Å². The van der Waals surface area contributed by atoms with E-state index in [9.17, 15) is 18.0 Å². The average Bonchev–Trinajstić information content (AvgIpc) is 2.47. The molecule has 23 heavy (non-hydrogen) atoms. The number of nitrogens with one attached hydrogen (secondary N) is 2. The lowest BCUT2D eigenvalue weighted by Crippen LogP contribution is -2.46. The van der Waals surface area contributed by atoms with Gasteiger partial charge in [-0.05, 0) is 37.1 Å². The van der Waals surface area contributed by atoms with Gasteiger partial charge in [0.25, 0.3) is 5.91 Å². The van der Waals surface area contributed by atoms with Crippen LogP contribution in [0.25, 0.3) is 0 Å². The third kappa shape index (κ3) is 4.25. The molecule has 2 aromatic carbocycles. The van der Waals surface area contributed by atoms with Crippen molar-refractivity contribution in [2.45, 2.75) is 26.1 Å². The summed E-state index contributed by atoms with van der Waals surface area (Å²) in [4.78, 5) is 12.1. The van der Waals surface area contributed by atoms with Crippen LogP contribution in [0, 0.1) is 13.8 Å². The van der Waals surface area contributed by atoms with Crippen LogP contribution in [0.15, 0.2) is 48.5 Å². The molecule has 0 aromatic heterocycles. The first kappa shape index (κ1) is 16.9. The smallest absolute Gasteiger partial charge is 0.366 e. The maximum Gasteiger partial charge on any atom is 0.417 e. The summed E-state index contributed by atoms with van der Waals surface area (Å²) in [6.07, 6.45) is -4.71. The van der Waals surface area contributed by atoms with Crippen LogP contribution in [-0.4, -0.2) is 18.1 Å². The number of anilines is 2. The molecule has 0 aliphatic carbocycles. The molecule has 2 aromatic rings. The third-order valence-corrected chi connectivity index (χ3v) is 3.44. The molecular weight excluding hydrogens is 305 g/mol. The highest BCUT2D eigenvalue weighted by atomic mass is 19.4. The van der Waals surface area contributed by atoms with Crippen LogP contribution in [0.5, 0.6) is 0 Å². The van der Waals surface area contributed by atoms with Crippen LogP contribution in [0.2, 0.25) is 0 Å². The number of para-hydroxylation sites is 2. The van der Waals surface area contributed by atoms with Gasteiger partial charge in [0.2, 0.25) is 6.04 Å². The minimum absolute atomic E-state index is 0.273. The van der Waals surface area contributed by atoms with Crippen molar-refractivity contribution in [3.05, 3.63) is 59.7 Å². The van der Waals surface area contributed by atoms with E-state index < -0.39 is 18.1 Å². The molecule has 0 unspecified atom stereocenters. The lowest BCUT2D eigenvalue weighted by atomic mass is 10.1. The number of halogens is 3. The SMILES string of the molecule is Cc1ccccc1NC(=O)[C@H](Nc1ccccc1C)C(F)(F)F. The maximum absolute atomic E-state index is 13.3. The van der Waals surface area contributed by atoms with E-state index in [1.165, 1.54) is 6.07 Å². The number of carbonyl (C=O) groups is 1. The van der Waals surface area contributed by atoms with Crippen LogP contribution in [0.4, 0.5) is 24.5 Å². The molecule has 6 heteroatoms. The Morgan fingerprint density at radius 1 is 0.913 bits per heavy atom. The quantitative estimate of drug-likeness (QED) is 0.882. The van der Waals surface area contributed by atoms with Crippen LogP contribution in [0.1, 0.15) is 11.1 Å². The van der Waals surface area contributed by atoms with Crippen molar-refractivity contribution >= 4 is 17.3 Å². The van der Waals surface area contributed by atoms with E-state index >= 15 is 0 Å². The second-order valence-corrected chi connectivity index (χ2v) is 5.24. The van der Waals surface area contributed by atoms with Crippen molar-refractivity contribution in [1.29, 1.82) is 0 Å². The molecule has 0 aliphatic rings. The molecule has 1 atom stereocenters. The molecule has 0 heterocycles. The molecule has 2 N–H and O–H groups in total. The van der Waals surface area contributed by atoms with Gasteiger partial charge in [-0.3, -0.25) is 4.79 Å². The molecule has 0 saturated heterocycles. The minimum atomic E-state index is -4.71. The average molecular weight is 322 g/mol. The molecule has 1 amide bonds. The Labute approximate surface area is 132 Å². The molecule has 122 valence electrons. The molecule has 0 radical (unpaired) electrons. The van der Waals surface area contributed by atoms with Crippen molar-refractivity contribution < 1.29 is 18.0 Å². The summed E-state index contributed by atoms with van der Waals surface area (Å²) in [5, 5.41) is 4.62. The molecule has 2 rings (SSSR count). The first-order chi connectivity index (χ1) is 10.8. The summed E-state index contributed by atoms with van der Waals surface area (Å²) in [5.74, 6) is -1.14. The standard InChI is InChI=1S/C17H17F3N2O/c1-11-7-3-5-9-13(11)21-15(17(18,19)20)16(23)22-14-10-6-4-8-12(14)2/h3-10,15,21H,1-2H3,(H,22,23)/t15-/m0/s1. The lowest BCUT2D eigenvalue weighted by Gasteiger charge is -2.23. The number of amides is 1. The third-order valence-electron chi connectivity index (χ3n) is 3.44. The van der Waals surface area contributed by atoms with Crippen molar-refractivity contribution in [3.63, 3.8) is 0 Å². The topological polar surface area (TPSA) is 41.1 Å².